The molecule has 10 heteroatoms. The SMILES string of the molecule is C=CS(=O)(=O)NC[C@@H]1CCN(C(=O)c2ccc(CC(=O)NCc3ccc(F)c(F)c3)cc2)C1. The van der Waals surface area contributed by atoms with Gasteiger partial charge in [0.2, 0.25) is 15.9 Å². The van der Waals surface area contributed by atoms with Crippen molar-refractivity contribution in [1.29, 1.82) is 0 Å². The van der Waals surface area contributed by atoms with Crippen LogP contribution in [0.25, 0.3) is 0 Å². The van der Waals surface area contributed by atoms with Crippen molar-refractivity contribution < 1.29 is 26.8 Å². The topological polar surface area (TPSA) is 95.6 Å². The van der Waals surface area contributed by atoms with Crippen molar-refractivity contribution in [2.45, 2.75) is 19.4 Å². The van der Waals surface area contributed by atoms with E-state index in [1.165, 1.54) is 6.07 Å². The molecule has 0 spiro atoms. The first-order chi connectivity index (χ1) is 15.7. The van der Waals surface area contributed by atoms with Crippen molar-refractivity contribution in [2.75, 3.05) is 19.6 Å². The summed E-state index contributed by atoms with van der Waals surface area (Å²) in [6.07, 6.45) is 0.773. The second-order valence-electron chi connectivity index (χ2n) is 7.86. The van der Waals surface area contributed by atoms with Crippen LogP contribution >= 0.6 is 0 Å². The molecule has 0 aromatic heterocycles. The van der Waals surface area contributed by atoms with Crippen LogP contribution in [0.1, 0.15) is 27.9 Å². The first-order valence-corrected chi connectivity index (χ1v) is 11.9. The van der Waals surface area contributed by atoms with Crippen LogP contribution < -0.4 is 10.0 Å². The number of nitrogens with one attached hydrogen (secondary N) is 2. The molecular formula is C23H25F2N3O4S. The summed E-state index contributed by atoms with van der Waals surface area (Å²) >= 11 is 0. The Morgan fingerprint density at radius 3 is 2.45 bits per heavy atom. The van der Waals surface area contributed by atoms with Gasteiger partial charge in [0.05, 0.1) is 6.42 Å². The van der Waals surface area contributed by atoms with Gasteiger partial charge in [0, 0.05) is 37.2 Å². The van der Waals surface area contributed by atoms with E-state index in [0.717, 1.165) is 17.5 Å². The van der Waals surface area contributed by atoms with Gasteiger partial charge in [-0.2, -0.15) is 0 Å². The van der Waals surface area contributed by atoms with E-state index in [1.807, 2.05) is 0 Å². The maximum atomic E-state index is 13.2. The number of benzene rings is 2. The first kappa shape index (κ1) is 24.5. The highest BCUT2D eigenvalue weighted by molar-refractivity contribution is 7.92. The lowest BCUT2D eigenvalue weighted by Gasteiger charge is -2.17. The molecule has 33 heavy (non-hydrogen) atoms. The molecule has 0 unspecified atom stereocenters. The largest absolute Gasteiger partial charge is 0.352 e. The number of halogens is 2. The second kappa shape index (κ2) is 10.7. The first-order valence-electron chi connectivity index (χ1n) is 10.4. The minimum absolute atomic E-state index is 0.0289. The summed E-state index contributed by atoms with van der Waals surface area (Å²) in [5.41, 5.74) is 1.63. The van der Waals surface area contributed by atoms with Crippen LogP contribution in [0.3, 0.4) is 0 Å². The second-order valence-corrected chi connectivity index (χ2v) is 9.58. The van der Waals surface area contributed by atoms with Crippen molar-refractivity contribution >= 4 is 21.8 Å². The van der Waals surface area contributed by atoms with E-state index in [1.54, 1.807) is 29.2 Å². The van der Waals surface area contributed by atoms with E-state index in [9.17, 15) is 26.8 Å². The Balaban J connectivity index is 1.48. The van der Waals surface area contributed by atoms with E-state index in [0.29, 0.717) is 36.2 Å². The molecule has 0 saturated carbocycles. The normalized spacial score (nSPS) is 15.9. The quantitative estimate of drug-likeness (QED) is 0.580. The lowest BCUT2D eigenvalue weighted by Crippen LogP contribution is -2.32. The maximum Gasteiger partial charge on any atom is 0.253 e. The summed E-state index contributed by atoms with van der Waals surface area (Å²) in [6, 6.07) is 10.1. The zero-order chi connectivity index (χ0) is 24.0. The van der Waals surface area contributed by atoms with Gasteiger partial charge in [-0.1, -0.05) is 24.8 Å². The Morgan fingerprint density at radius 1 is 1.09 bits per heavy atom. The van der Waals surface area contributed by atoms with E-state index in [4.69, 9.17) is 0 Å². The zero-order valence-corrected chi connectivity index (χ0v) is 18.7. The number of amides is 2. The average Bonchev–Trinajstić information content (AvgIpc) is 3.28. The Labute approximate surface area is 191 Å². The predicted octanol–water partition coefficient (Wildman–Crippen LogP) is 2.35. The standard InChI is InChI=1S/C23H25F2N3O4S/c1-2-33(31,32)27-14-18-9-10-28(15-18)23(30)19-6-3-16(4-7-19)12-22(29)26-13-17-5-8-20(24)21(25)11-17/h2-8,11,18,27H,1,9-10,12-15H2,(H,26,29)/t18-/m0/s1. The van der Waals surface area contributed by atoms with Crippen molar-refractivity contribution in [1.82, 2.24) is 14.9 Å². The van der Waals surface area contributed by atoms with Crippen LogP contribution in [0.4, 0.5) is 8.78 Å². The third-order valence-corrected chi connectivity index (χ3v) is 6.41. The molecule has 1 fully saturated rings. The molecule has 2 N–H and O–H groups in total. The third kappa shape index (κ3) is 6.93. The third-order valence-electron chi connectivity index (χ3n) is 5.40. The molecule has 0 bridgehead atoms. The fourth-order valence-corrected chi connectivity index (χ4v) is 4.11. The summed E-state index contributed by atoms with van der Waals surface area (Å²) in [7, 11) is -3.49. The highest BCUT2D eigenvalue weighted by Gasteiger charge is 2.27. The Hall–Kier alpha value is -3.11. The number of carbonyl (C=O) groups is 2. The summed E-state index contributed by atoms with van der Waals surface area (Å²) in [6.45, 7) is 4.56. The van der Waals surface area contributed by atoms with Gasteiger partial charge in [-0.3, -0.25) is 9.59 Å². The molecule has 1 saturated heterocycles. The van der Waals surface area contributed by atoms with Gasteiger partial charge in [-0.15, -0.1) is 0 Å². The molecule has 1 heterocycles. The number of sulfonamides is 1. The maximum absolute atomic E-state index is 13.2. The molecular weight excluding hydrogens is 452 g/mol. The highest BCUT2D eigenvalue weighted by Crippen LogP contribution is 2.19. The number of hydrogen-bond acceptors (Lipinski definition) is 4. The van der Waals surface area contributed by atoms with E-state index in [-0.39, 0.29) is 37.2 Å². The summed E-state index contributed by atoms with van der Waals surface area (Å²) in [4.78, 5) is 26.6. The molecule has 2 aromatic rings. The van der Waals surface area contributed by atoms with Gasteiger partial charge >= 0.3 is 0 Å². The number of nitrogens with zero attached hydrogens (tertiary/aromatic N) is 1. The van der Waals surface area contributed by atoms with Gasteiger partial charge in [-0.05, 0) is 47.7 Å². The van der Waals surface area contributed by atoms with Crippen LogP contribution in [-0.2, 0) is 27.8 Å². The number of rotatable bonds is 9. The van der Waals surface area contributed by atoms with Gasteiger partial charge in [-0.25, -0.2) is 21.9 Å². The summed E-state index contributed by atoms with van der Waals surface area (Å²) in [5, 5.41) is 3.51. The fourth-order valence-electron chi connectivity index (χ4n) is 3.52. The Morgan fingerprint density at radius 2 is 1.79 bits per heavy atom. The van der Waals surface area contributed by atoms with Crippen LogP contribution in [-0.4, -0.2) is 44.8 Å². The molecule has 1 aliphatic heterocycles. The van der Waals surface area contributed by atoms with Crippen LogP contribution in [0.15, 0.2) is 54.5 Å². The fraction of sp³-hybridized carbons (Fsp3) is 0.304. The van der Waals surface area contributed by atoms with Crippen LogP contribution in [0.2, 0.25) is 0 Å². The molecule has 7 nitrogen and oxygen atoms in total. The van der Waals surface area contributed by atoms with Crippen LogP contribution in [0.5, 0.6) is 0 Å². The summed E-state index contributed by atoms with van der Waals surface area (Å²) in [5.74, 6) is -2.33. The Bertz CT molecular complexity index is 1140. The lowest BCUT2D eigenvalue weighted by atomic mass is 10.1. The van der Waals surface area contributed by atoms with E-state index >= 15 is 0 Å². The molecule has 1 aliphatic rings. The van der Waals surface area contributed by atoms with E-state index in [2.05, 4.69) is 16.6 Å². The van der Waals surface area contributed by atoms with E-state index < -0.39 is 21.7 Å². The van der Waals surface area contributed by atoms with Crippen molar-refractivity contribution in [2.24, 2.45) is 5.92 Å². The molecule has 2 amide bonds. The van der Waals surface area contributed by atoms with Gasteiger partial charge in [0.15, 0.2) is 11.6 Å². The molecule has 0 radical (unpaired) electrons. The molecule has 3 rings (SSSR count). The molecule has 0 aliphatic carbocycles. The van der Waals surface area contributed by atoms with Crippen molar-refractivity contribution in [3.8, 4) is 0 Å². The lowest BCUT2D eigenvalue weighted by molar-refractivity contribution is -0.120. The van der Waals surface area contributed by atoms with Crippen LogP contribution in [0, 0.1) is 17.6 Å². The monoisotopic (exact) mass is 477 g/mol. The highest BCUT2D eigenvalue weighted by atomic mass is 32.2. The minimum atomic E-state index is -3.49. The minimum Gasteiger partial charge on any atom is -0.352 e. The van der Waals surface area contributed by atoms with Gasteiger partial charge < -0.3 is 10.2 Å². The van der Waals surface area contributed by atoms with Gasteiger partial charge in [0.1, 0.15) is 0 Å². The number of likely N-dealkylation sites (tertiary alicyclic amines) is 1. The number of carbonyl (C=O) groups excluding carboxylic acids is 2. The number of hydrogen-bond donors (Lipinski definition) is 2. The Kier molecular flexibility index (Phi) is 7.93. The molecule has 176 valence electrons. The molecule has 2 aromatic carbocycles. The predicted molar refractivity (Wildman–Crippen MR) is 119 cm³/mol. The summed E-state index contributed by atoms with van der Waals surface area (Å²) < 4.78 is 51.6. The zero-order valence-electron chi connectivity index (χ0n) is 17.9. The van der Waals surface area contributed by atoms with Crippen molar-refractivity contribution in [3.05, 3.63) is 82.8 Å². The van der Waals surface area contributed by atoms with Crippen molar-refractivity contribution in [3.63, 3.8) is 0 Å². The van der Waals surface area contributed by atoms with Gasteiger partial charge in [0.25, 0.3) is 5.91 Å². The average molecular weight is 478 g/mol. The molecule has 1 atom stereocenters. The smallest absolute Gasteiger partial charge is 0.253 e.